The Kier molecular flexibility index (Phi) is 5.31. The zero-order chi connectivity index (χ0) is 16.1. The number of rotatable bonds is 6. The van der Waals surface area contributed by atoms with Crippen LogP contribution in [0.4, 0.5) is 11.8 Å². The summed E-state index contributed by atoms with van der Waals surface area (Å²) >= 11 is 0. The number of hydrogen-bond donors (Lipinski definition) is 1. The Morgan fingerprint density at radius 1 is 1.04 bits per heavy atom. The van der Waals surface area contributed by atoms with Crippen LogP contribution in [-0.4, -0.2) is 29.6 Å². The third kappa shape index (κ3) is 3.74. The lowest BCUT2D eigenvalue weighted by Crippen LogP contribution is -2.24. The predicted molar refractivity (Wildman–Crippen MR) is 98.2 cm³/mol. The minimum atomic E-state index is 0.774. The van der Waals surface area contributed by atoms with E-state index in [0.29, 0.717) is 0 Å². The van der Waals surface area contributed by atoms with Gasteiger partial charge in [-0.1, -0.05) is 31.4 Å². The van der Waals surface area contributed by atoms with Gasteiger partial charge in [-0.2, -0.15) is 4.98 Å². The molecule has 3 rings (SSSR count). The van der Waals surface area contributed by atoms with E-state index >= 15 is 0 Å². The van der Waals surface area contributed by atoms with Crippen LogP contribution in [0.25, 0.3) is 10.9 Å². The van der Waals surface area contributed by atoms with E-state index in [1.165, 1.54) is 32.1 Å². The monoisotopic (exact) mass is 312 g/mol. The SMILES string of the molecule is CCN(CC)c1nc(NCC2CCCCC2)nc2ccccc12. The minimum Gasteiger partial charge on any atom is -0.356 e. The summed E-state index contributed by atoms with van der Waals surface area (Å²) in [7, 11) is 0. The van der Waals surface area contributed by atoms with Gasteiger partial charge in [0.25, 0.3) is 0 Å². The van der Waals surface area contributed by atoms with Crippen molar-refractivity contribution in [1.29, 1.82) is 0 Å². The van der Waals surface area contributed by atoms with Crippen LogP contribution in [0, 0.1) is 5.92 Å². The number of hydrogen-bond acceptors (Lipinski definition) is 4. The molecule has 4 nitrogen and oxygen atoms in total. The molecule has 1 aromatic heterocycles. The fourth-order valence-electron chi connectivity index (χ4n) is 3.53. The van der Waals surface area contributed by atoms with Crippen LogP contribution >= 0.6 is 0 Å². The highest BCUT2D eigenvalue weighted by atomic mass is 15.2. The second-order valence-corrected chi connectivity index (χ2v) is 6.45. The summed E-state index contributed by atoms with van der Waals surface area (Å²) in [6, 6.07) is 8.31. The number of fused-ring (bicyclic) bond motifs is 1. The maximum atomic E-state index is 4.83. The van der Waals surface area contributed by atoms with E-state index in [4.69, 9.17) is 9.97 Å². The quantitative estimate of drug-likeness (QED) is 0.854. The molecule has 0 unspecified atom stereocenters. The van der Waals surface area contributed by atoms with Crippen molar-refractivity contribution in [2.75, 3.05) is 29.9 Å². The first-order chi connectivity index (χ1) is 11.3. The van der Waals surface area contributed by atoms with E-state index in [-0.39, 0.29) is 0 Å². The molecule has 23 heavy (non-hydrogen) atoms. The number of para-hydroxylation sites is 1. The van der Waals surface area contributed by atoms with Gasteiger partial charge in [0, 0.05) is 25.0 Å². The van der Waals surface area contributed by atoms with Crippen molar-refractivity contribution in [1.82, 2.24) is 9.97 Å². The molecule has 4 heteroatoms. The first-order valence-electron chi connectivity index (χ1n) is 9.07. The fourth-order valence-corrected chi connectivity index (χ4v) is 3.53. The van der Waals surface area contributed by atoms with Crippen LogP contribution in [-0.2, 0) is 0 Å². The molecule has 124 valence electrons. The standard InChI is InChI=1S/C19H28N4/c1-3-23(4-2)18-16-12-8-9-13-17(16)21-19(22-18)20-14-15-10-6-5-7-11-15/h8-9,12-13,15H,3-7,10-11,14H2,1-2H3,(H,20,21,22). The topological polar surface area (TPSA) is 41.1 Å². The zero-order valence-corrected chi connectivity index (χ0v) is 14.4. The number of nitrogens with zero attached hydrogens (tertiary/aromatic N) is 3. The van der Waals surface area contributed by atoms with Gasteiger partial charge in [0.15, 0.2) is 0 Å². The van der Waals surface area contributed by atoms with E-state index < -0.39 is 0 Å². The van der Waals surface area contributed by atoms with Crippen molar-refractivity contribution in [3.05, 3.63) is 24.3 Å². The van der Waals surface area contributed by atoms with Crippen LogP contribution in [0.2, 0.25) is 0 Å². The number of nitrogens with one attached hydrogen (secondary N) is 1. The summed E-state index contributed by atoms with van der Waals surface area (Å²) in [6.45, 7) is 7.26. The Morgan fingerprint density at radius 3 is 2.52 bits per heavy atom. The second-order valence-electron chi connectivity index (χ2n) is 6.45. The highest BCUT2D eigenvalue weighted by Crippen LogP contribution is 2.27. The smallest absolute Gasteiger partial charge is 0.225 e. The summed E-state index contributed by atoms with van der Waals surface area (Å²) < 4.78 is 0. The maximum absolute atomic E-state index is 4.83. The molecule has 0 bridgehead atoms. The molecule has 1 saturated carbocycles. The molecule has 1 aliphatic carbocycles. The predicted octanol–water partition coefficient (Wildman–Crippen LogP) is 4.47. The van der Waals surface area contributed by atoms with Crippen molar-refractivity contribution in [2.24, 2.45) is 5.92 Å². The number of aromatic nitrogens is 2. The van der Waals surface area contributed by atoms with Gasteiger partial charge in [-0.05, 0) is 44.7 Å². The maximum Gasteiger partial charge on any atom is 0.225 e. The largest absolute Gasteiger partial charge is 0.356 e. The minimum absolute atomic E-state index is 0.774. The first-order valence-corrected chi connectivity index (χ1v) is 9.07. The second kappa shape index (κ2) is 7.62. The van der Waals surface area contributed by atoms with Gasteiger partial charge in [-0.25, -0.2) is 4.98 Å². The Hall–Kier alpha value is -1.84. The van der Waals surface area contributed by atoms with Crippen LogP contribution in [0.1, 0.15) is 46.0 Å². The van der Waals surface area contributed by atoms with Crippen molar-refractivity contribution < 1.29 is 0 Å². The van der Waals surface area contributed by atoms with Gasteiger partial charge in [-0.15, -0.1) is 0 Å². The Bertz CT molecular complexity index is 630. The third-order valence-corrected chi connectivity index (χ3v) is 4.92. The molecule has 0 saturated heterocycles. The lowest BCUT2D eigenvalue weighted by atomic mass is 9.89. The van der Waals surface area contributed by atoms with E-state index in [0.717, 1.165) is 48.2 Å². The van der Waals surface area contributed by atoms with Crippen molar-refractivity contribution in [3.63, 3.8) is 0 Å². The molecule has 2 aromatic rings. The van der Waals surface area contributed by atoms with E-state index in [1.807, 2.05) is 6.07 Å². The van der Waals surface area contributed by atoms with Crippen LogP contribution in [0.15, 0.2) is 24.3 Å². The summed E-state index contributed by atoms with van der Waals surface area (Å²) in [6.07, 6.45) is 6.81. The van der Waals surface area contributed by atoms with E-state index in [2.05, 4.69) is 42.3 Å². The molecule has 0 aliphatic heterocycles. The highest BCUT2D eigenvalue weighted by Gasteiger charge is 2.15. The normalized spacial score (nSPS) is 15.7. The number of benzene rings is 1. The van der Waals surface area contributed by atoms with Gasteiger partial charge < -0.3 is 10.2 Å². The van der Waals surface area contributed by atoms with Gasteiger partial charge >= 0.3 is 0 Å². The molecular formula is C19H28N4. The van der Waals surface area contributed by atoms with Gasteiger partial charge in [0.05, 0.1) is 5.52 Å². The third-order valence-electron chi connectivity index (χ3n) is 4.92. The van der Waals surface area contributed by atoms with Crippen LogP contribution in [0.3, 0.4) is 0 Å². The lowest BCUT2D eigenvalue weighted by Gasteiger charge is -2.24. The summed E-state index contributed by atoms with van der Waals surface area (Å²) in [5.41, 5.74) is 1.02. The Labute approximate surface area is 139 Å². The molecule has 1 fully saturated rings. The lowest BCUT2D eigenvalue weighted by molar-refractivity contribution is 0.373. The Morgan fingerprint density at radius 2 is 1.78 bits per heavy atom. The molecule has 0 radical (unpaired) electrons. The van der Waals surface area contributed by atoms with Gasteiger partial charge in [0.2, 0.25) is 5.95 Å². The molecule has 1 heterocycles. The fraction of sp³-hybridized carbons (Fsp3) is 0.579. The van der Waals surface area contributed by atoms with Gasteiger partial charge in [0.1, 0.15) is 5.82 Å². The average Bonchev–Trinajstić information content (AvgIpc) is 2.62. The molecule has 0 atom stereocenters. The summed E-state index contributed by atoms with van der Waals surface area (Å²) in [4.78, 5) is 11.9. The van der Waals surface area contributed by atoms with Crippen molar-refractivity contribution in [3.8, 4) is 0 Å². The summed E-state index contributed by atoms with van der Waals surface area (Å²) in [5.74, 6) is 2.60. The summed E-state index contributed by atoms with van der Waals surface area (Å²) in [5, 5.41) is 4.64. The molecule has 1 aliphatic rings. The molecule has 1 aromatic carbocycles. The average molecular weight is 312 g/mol. The Balaban J connectivity index is 1.85. The van der Waals surface area contributed by atoms with Crippen molar-refractivity contribution >= 4 is 22.7 Å². The highest BCUT2D eigenvalue weighted by molar-refractivity contribution is 5.90. The molecule has 1 N–H and O–H groups in total. The van der Waals surface area contributed by atoms with E-state index in [9.17, 15) is 0 Å². The molecule has 0 spiro atoms. The van der Waals surface area contributed by atoms with Crippen LogP contribution in [0.5, 0.6) is 0 Å². The van der Waals surface area contributed by atoms with Gasteiger partial charge in [-0.3, -0.25) is 0 Å². The van der Waals surface area contributed by atoms with Crippen molar-refractivity contribution in [2.45, 2.75) is 46.0 Å². The number of anilines is 2. The van der Waals surface area contributed by atoms with E-state index in [1.54, 1.807) is 0 Å². The molecule has 0 amide bonds. The van der Waals surface area contributed by atoms with Crippen LogP contribution < -0.4 is 10.2 Å². The molecular weight excluding hydrogens is 284 g/mol. The first kappa shape index (κ1) is 16.0. The zero-order valence-electron chi connectivity index (χ0n) is 14.4.